The van der Waals surface area contributed by atoms with Gasteiger partial charge in [-0.05, 0) is 24.7 Å². The van der Waals surface area contributed by atoms with Gasteiger partial charge < -0.3 is 15.7 Å². The van der Waals surface area contributed by atoms with E-state index in [1.165, 1.54) is 0 Å². The molecular formula is C16H30N2O3. The molecule has 0 aromatic carbocycles. The van der Waals surface area contributed by atoms with Gasteiger partial charge >= 0.3 is 12.0 Å². The van der Waals surface area contributed by atoms with Crippen LogP contribution in [0.5, 0.6) is 0 Å². The van der Waals surface area contributed by atoms with Gasteiger partial charge in [-0.1, -0.05) is 46.5 Å². The lowest BCUT2D eigenvalue weighted by Crippen LogP contribution is -2.47. The summed E-state index contributed by atoms with van der Waals surface area (Å²) in [5.41, 5.74) is -0.724. The Hall–Kier alpha value is -1.26. The predicted molar refractivity (Wildman–Crippen MR) is 83.2 cm³/mol. The number of amides is 2. The number of hydrogen-bond acceptors (Lipinski definition) is 2. The van der Waals surface area contributed by atoms with Crippen LogP contribution in [0.1, 0.15) is 65.7 Å². The zero-order valence-corrected chi connectivity index (χ0v) is 13.6. The molecule has 122 valence electrons. The minimum atomic E-state index is -0.784. The largest absolute Gasteiger partial charge is 0.481 e. The Morgan fingerprint density at radius 2 is 1.67 bits per heavy atom. The average Bonchev–Trinajstić information content (AvgIpc) is 2.69. The molecule has 5 heteroatoms. The number of carboxylic acid groups (broad SMARTS) is 1. The van der Waals surface area contributed by atoms with Crippen LogP contribution in [-0.2, 0) is 4.79 Å². The third kappa shape index (κ3) is 5.56. The van der Waals surface area contributed by atoms with Crippen LogP contribution in [-0.4, -0.2) is 30.2 Å². The molecule has 0 radical (unpaired) electrons. The summed E-state index contributed by atoms with van der Waals surface area (Å²) in [5, 5.41) is 15.2. The number of urea groups is 1. The first-order valence-electron chi connectivity index (χ1n) is 8.06. The Morgan fingerprint density at radius 3 is 2.14 bits per heavy atom. The molecule has 0 spiro atoms. The molecule has 0 atom stereocenters. The van der Waals surface area contributed by atoms with Crippen LogP contribution >= 0.6 is 0 Å². The zero-order valence-electron chi connectivity index (χ0n) is 13.6. The number of hydrogen-bond donors (Lipinski definition) is 3. The van der Waals surface area contributed by atoms with Crippen LogP contribution in [0, 0.1) is 10.8 Å². The van der Waals surface area contributed by atoms with E-state index < -0.39 is 11.4 Å². The number of aliphatic carboxylic acids is 1. The lowest BCUT2D eigenvalue weighted by molar-refractivity contribution is -0.149. The second-order valence-electron chi connectivity index (χ2n) is 7.05. The Labute approximate surface area is 127 Å². The fraction of sp³-hybridized carbons (Fsp3) is 0.875. The van der Waals surface area contributed by atoms with Gasteiger partial charge in [-0.3, -0.25) is 4.79 Å². The molecule has 1 aliphatic rings. The minimum Gasteiger partial charge on any atom is -0.481 e. The van der Waals surface area contributed by atoms with E-state index >= 15 is 0 Å². The minimum absolute atomic E-state index is 0.0597. The molecule has 3 N–H and O–H groups in total. The van der Waals surface area contributed by atoms with Gasteiger partial charge in [0.25, 0.3) is 0 Å². The molecule has 1 fully saturated rings. The molecule has 1 rings (SSSR count). The average molecular weight is 298 g/mol. The van der Waals surface area contributed by atoms with Crippen molar-refractivity contribution in [2.45, 2.75) is 65.7 Å². The van der Waals surface area contributed by atoms with Crippen LogP contribution < -0.4 is 10.6 Å². The highest BCUT2D eigenvalue weighted by Crippen LogP contribution is 2.34. The molecule has 0 bridgehead atoms. The van der Waals surface area contributed by atoms with E-state index in [2.05, 4.69) is 31.4 Å². The SMILES string of the molecule is CCC(C)(C)CNC(=O)NCC1(C(=O)O)CCCCCC1. The summed E-state index contributed by atoms with van der Waals surface area (Å²) in [5.74, 6) is -0.779. The summed E-state index contributed by atoms with van der Waals surface area (Å²) >= 11 is 0. The number of carbonyl (C=O) groups excluding carboxylic acids is 1. The van der Waals surface area contributed by atoms with Crippen LogP contribution in [0.15, 0.2) is 0 Å². The quantitative estimate of drug-likeness (QED) is 0.659. The van der Waals surface area contributed by atoms with E-state index in [-0.39, 0.29) is 18.0 Å². The van der Waals surface area contributed by atoms with Crippen molar-refractivity contribution in [1.82, 2.24) is 10.6 Å². The number of carbonyl (C=O) groups is 2. The number of carboxylic acids is 1. The lowest BCUT2D eigenvalue weighted by Gasteiger charge is -2.29. The van der Waals surface area contributed by atoms with Crippen molar-refractivity contribution in [3.05, 3.63) is 0 Å². The molecule has 0 aliphatic heterocycles. The van der Waals surface area contributed by atoms with Crippen LogP contribution in [0.4, 0.5) is 4.79 Å². The van der Waals surface area contributed by atoms with Gasteiger partial charge in [0.2, 0.25) is 0 Å². The summed E-state index contributed by atoms with van der Waals surface area (Å²) in [6.45, 7) is 7.09. The van der Waals surface area contributed by atoms with Gasteiger partial charge in [-0.25, -0.2) is 4.79 Å². The molecule has 0 aromatic heterocycles. The van der Waals surface area contributed by atoms with Gasteiger partial charge in [0.15, 0.2) is 0 Å². The van der Waals surface area contributed by atoms with Crippen molar-refractivity contribution in [2.24, 2.45) is 10.8 Å². The molecule has 1 saturated carbocycles. The van der Waals surface area contributed by atoms with Crippen molar-refractivity contribution in [3.63, 3.8) is 0 Å². The molecule has 1 aliphatic carbocycles. The van der Waals surface area contributed by atoms with E-state index in [9.17, 15) is 14.7 Å². The van der Waals surface area contributed by atoms with Crippen LogP contribution in [0.3, 0.4) is 0 Å². The van der Waals surface area contributed by atoms with E-state index in [0.29, 0.717) is 19.4 Å². The predicted octanol–water partition coefficient (Wildman–Crippen LogP) is 3.15. The molecule has 2 amide bonds. The van der Waals surface area contributed by atoms with Gasteiger partial charge in [0.1, 0.15) is 0 Å². The Morgan fingerprint density at radius 1 is 1.10 bits per heavy atom. The highest BCUT2D eigenvalue weighted by Gasteiger charge is 2.38. The molecule has 0 unspecified atom stereocenters. The number of rotatable bonds is 6. The van der Waals surface area contributed by atoms with E-state index in [0.717, 1.165) is 32.1 Å². The number of nitrogens with one attached hydrogen (secondary N) is 2. The normalized spacial score (nSPS) is 18.6. The van der Waals surface area contributed by atoms with Crippen LogP contribution in [0.25, 0.3) is 0 Å². The Balaban J connectivity index is 2.49. The maximum atomic E-state index is 11.9. The van der Waals surface area contributed by atoms with Crippen LogP contribution in [0.2, 0.25) is 0 Å². The first-order chi connectivity index (χ1) is 9.81. The van der Waals surface area contributed by atoms with Gasteiger partial charge in [0.05, 0.1) is 5.41 Å². The van der Waals surface area contributed by atoms with Gasteiger partial charge in [-0.2, -0.15) is 0 Å². The monoisotopic (exact) mass is 298 g/mol. The van der Waals surface area contributed by atoms with Crippen molar-refractivity contribution >= 4 is 12.0 Å². The van der Waals surface area contributed by atoms with Gasteiger partial charge in [-0.15, -0.1) is 0 Å². The summed E-state index contributed by atoms with van der Waals surface area (Å²) in [6.07, 6.45) is 6.33. The lowest BCUT2D eigenvalue weighted by atomic mass is 9.80. The summed E-state index contributed by atoms with van der Waals surface area (Å²) in [6, 6.07) is -0.263. The molecule has 0 saturated heterocycles. The first kappa shape index (κ1) is 17.8. The van der Waals surface area contributed by atoms with Crippen molar-refractivity contribution in [2.75, 3.05) is 13.1 Å². The Kier molecular flexibility index (Phi) is 6.49. The molecule has 0 aromatic rings. The standard InChI is InChI=1S/C16H30N2O3/c1-4-15(2,3)11-17-14(21)18-12-16(13(19)20)9-7-5-6-8-10-16/h4-12H2,1-3H3,(H,19,20)(H2,17,18,21). The van der Waals surface area contributed by atoms with E-state index in [1.54, 1.807) is 0 Å². The fourth-order valence-corrected chi connectivity index (χ4v) is 2.63. The summed E-state index contributed by atoms with van der Waals surface area (Å²) < 4.78 is 0. The molecule has 5 nitrogen and oxygen atoms in total. The van der Waals surface area contributed by atoms with E-state index in [1.807, 2.05) is 0 Å². The second-order valence-corrected chi connectivity index (χ2v) is 7.05. The molecule has 21 heavy (non-hydrogen) atoms. The van der Waals surface area contributed by atoms with Crippen molar-refractivity contribution in [1.29, 1.82) is 0 Å². The summed E-state index contributed by atoms with van der Waals surface area (Å²) in [4.78, 5) is 23.5. The molecule has 0 heterocycles. The fourth-order valence-electron chi connectivity index (χ4n) is 2.63. The Bertz CT molecular complexity index is 359. The van der Waals surface area contributed by atoms with Crippen molar-refractivity contribution in [3.8, 4) is 0 Å². The highest BCUT2D eigenvalue weighted by molar-refractivity contribution is 5.78. The highest BCUT2D eigenvalue weighted by atomic mass is 16.4. The summed E-state index contributed by atoms with van der Waals surface area (Å²) in [7, 11) is 0. The maximum absolute atomic E-state index is 11.9. The topological polar surface area (TPSA) is 78.4 Å². The smallest absolute Gasteiger partial charge is 0.314 e. The maximum Gasteiger partial charge on any atom is 0.314 e. The van der Waals surface area contributed by atoms with E-state index in [4.69, 9.17) is 0 Å². The first-order valence-corrected chi connectivity index (χ1v) is 8.06. The van der Waals surface area contributed by atoms with Gasteiger partial charge in [0, 0.05) is 13.1 Å². The third-order valence-electron chi connectivity index (χ3n) is 4.79. The second kappa shape index (κ2) is 7.66. The van der Waals surface area contributed by atoms with Crippen molar-refractivity contribution < 1.29 is 14.7 Å². The zero-order chi connectivity index (χ0) is 15.9. The third-order valence-corrected chi connectivity index (χ3v) is 4.79. The molecular weight excluding hydrogens is 268 g/mol.